The van der Waals surface area contributed by atoms with E-state index in [4.69, 9.17) is 17.3 Å². The Balaban J connectivity index is 2.14. The number of aryl methyl sites for hydroxylation is 2. The highest BCUT2D eigenvalue weighted by atomic mass is 35.5. The minimum Gasteiger partial charge on any atom is -0.398 e. The molecule has 0 amide bonds. The average Bonchev–Trinajstić information content (AvgIpc) is 3.07. The second-order valence-electron chi connectivity index (χ2n) is 4.64. The molecule has 0 aliphatic carbocycles. The van der Waals surface area contributed by atoms with Crippen molar-refractivity contribution in [2.24, 2.45) is 7.05 Å². The second-order valence-corrected chi connectivity index (χ2v) is 5.05. The molecule has 3 rings (SSSR count). The van der Waals surface area contributed by atoms with E-state index in [0.29, 0.717) is 16.5 Å². The lowest BCUT2D eigenvalue weighted by Gasteiger charge is -2.05. The summed E-state index contributed by atoms with van der Waals surface area (Å²) in [7, 11) is 1.87. The van der Waals surface area contributed by atoms with E-state index < -0.39 is 0 Å². The van der Waals surface area contributed by atoms with Gasteiger partial charge >= 0.3 is 0 Å². The fourth-order valence-electron chi connectivity index (χ4n) is 2.16. The zero-order chi connectivity index (χ0) is 15.0. The third-order valence-corrected chi connectivity index (χ3v) is 3.51. The Morgan fingerprint density at radius 3 is 2.86 bits per heavy atom. The van der Waals surface area contributed by atoms with Crippen LogP contribution in [0.3, 0.4) is 0 Å². The molecule has 0 radical (unpaired) electrons. The predicted molar refractivity (Wildman–Crippen MR) is 80.2 cm³/mol. The predicted octanol–water partition coefficient (Wildman–Crippen LogP) is 1.86. The van der Waals surface area contributed by atoms with Gasteiger partial charge in [-0.15, -0.1) is 5.10 Å². The monoisotopic (exact) mass is 303 g/mol. The molecule has 2 heterocycles. The van der Waals surface area contributed by atoms with Gasteiger partial charge in [0, 0.05) is 12.6 Å². The molecule has 0 unspecified atom stereocenters. The van der Waals surface area contributed by atoms with Gasteiger partial charge in [-0.2, -0.15) is 9.78 Å². The molecule has 3 aromatic rings. The maximum absolute atomic E-state index is 5.95. The normalized spacial score (nSPS) is 11.0. The third kappa shape index (κ3) is 2.36. The van der Waals surface area contributed by atoms with E-state index in [2.05, 4.69) is 20.6 Å². The van der Waals surface area contributed by atoms with E-state index in [1.807, 2.05) is 26.2 Å². The van der Waals surface area contributed by atoms with E-state index in [1.54, 1.807) is 21.5 Å². The molecule has 21 heavy (non-hydrogen) atoms. The van der Waals surface area contributed by atoms with Crippen molar-refractivity contribution in [2.75, 3.05) is 5.73 Å². The average molecular weight is 304 g/mol. The maximum Gasteiger partial charge on any atom is 0.187 e. The molecule has 0 aliphatic rings. The number of anilines is 1. The first-order valence-corrected chi connectivity index (χ1v) is 6.84. The van der Waals surface area contributed by atoms with Crippen LogP contribution < -0.4 is 5.73 Å². The van der Waals surface area contributed by atoms with E-state index in [0.717, 1.165) is 23.4 Å². The molecule has 0 aliphatic heterocycles. The van der Waals surface area contributed by atoms with E-state index >= 15 is 0 Å². The van der Waals surface area contributed by atoms with E-state index in [-0.39, 0.29) is 0 Å². The number of benzene rings is 1. The van der Waals surface area contributed by atoms with E-state index in [9.17, 15) is 0 Å². The van der Waals surface area contributed by atoms with Crippen molar-refractivity contribution in [1.82, 2.24) is 30.0 Å². The number of aromatic nitrogens is 6. The number of tetrazole rings is 1. The fraction of sp³-hybridized carbons (Fsp3) is 0.231. The smallest absolute Gasteiger partial charge is 0.187 e. The van der Waals surface area contributed by atoms with Gasteiger partial charge < -0.3 is 5.73 Å². The van der Waals surface area contributed by atoms with Crippen LogP contribution in [0.5, 0.6) is 0 Å². The van der Waals surface area contributed by atoms with Crippen LogP contribution in [-0.2, 0) is 13.5 Å². The number of halogens is 1. The van der Waals surface area contributed by atoms with Crippen LogP contribution in [0, 0.1) is 0 Å². The van der Waals surface area contributed by atoms with E-state index in [1.165, 1.54) is 0 Å². The molecule has 0 atom stereocenters. The molecule has 8 heteroatoms. The Bertz CT molecular complexity index is 790. The molecule has 7 nitrogen and oxygen atoms in total. The minimum absolute atomic E-state index is 0.491. The van der Waals surface area contributed by atoms with Gasteiger partial charge in [0.15, 0.2) is 5.82 Å². The minimum atomic E-state index is 0.491. The lowest BCUT2D eigenvalue weighted by molar-refractivity contribution is 0.746. The summed E-state index contributed by atoms with van der Waals surface area (Å²) in [6.07, 6.45) is 2.68. The van der Waals surface area contributed by atoms with Gasteiger partial charge in [0.2, 0.25) is 0 Å². The molecule has 2 aromatic heterocycles. The molecule has 108 valence electrons. The SMILES string of the molecule is CCc1nn(C)cc1-n1nnnc1-c1ccc(Cl)c(N)c1. The molecular formula is C13H14ClN7. The number of nitrogen functional groups attached to an aromatic ring is 1. The van der Waals surface area contributed by atoms with Crippen molar-refractivity contribution in [3.63, 3.8) is 0 Å². The zero-order valence-corrected chi connectivity index (χ0v) is 12.4. The lowest BCUT2D eigenvalue weighted by Crippen LogP contribution is -2.02. The Kier molecular flexibility index (Phi) is 3.34. The first kappa shape index (κ1) is 13.6. The topological polar surface area (TPSA) is 87.4 Å². The summed E-state index contributed by atoms with van der Waals surface area (Å²) >= 11 is 5.95. The summed E-state index contributed by atoms with van der Waals surface area (Å²) in [6, 6.07) is 5.32. The summed E-state index contributed by atoms with van der Waals surface area (Å²) in [5.74, 6) is 0.598. The molecule has 0 bridgehead atoms. The Labute approximate surface area is 126 Å². The van der Waals surface area contributed by atoms with Gasteiger partial charge in [-0.05, 0) is 35.0 Å². The van der Waals surface area contributed by atoms with Crippen LogP contribution in [0.25, 0.3) is 17.1 Å². The summed E-state index contributed by atoms with van der Waals surface area (Å²) in [5, 5.41) is 16.8. The Hall–Kier alpha value is -2.41. The van der Waals surface area contributed by atoms with Crippen LogP contribution in [0.2, 0.25) is 5.02 Å². The first-order chi connectivity index (χ1) is 10.1. The lowest BCUT2D eigenvalue weighted by atomic mass is 10.2. The second kappa shape index (κ2) is 5.17. The molecular weight excluding hydrogens is 290 g/mol. The summed E-state index contributed by atoms with van der Waals surface area (Å²) in [5.41, 5.74) is 8.92. The van der Waals surface area contributed by atoms with Crippen LogP contribution in [-0.4, -0.2) is 30.0 Å². The molecule has 1 aromatic carbocycles. The highest BCUT2D eigenvalue weighted by Crippen LogP contribution is 2.27. The highest BCUT2D eigenvalue weighted by molar-refractivity contribution is 6.33. The zero-order valence-electron chi connectivity index (χ0n) is 11.7. The number of nitrogens with two attached hydrogens (primary N) is 1. The number of nitrogens with zero attached hydrogens (tertiary/aromatic N) is 6. The Morgan fingerprint density at radius 1 is 1.33 bits per heavy atom. The third-order valence-electron chi connectivity index (χ3n) is 3.17. The summed E-state index contributed by atoms with van der Waals surface area (Å²) in [6.45, 7) is 2.04. The van der Waals surface area contributed by atoms with Gasteiger partial charge in [-0.1, -0.05) is 18.5 Å². The summed E-state index contributed by atoms with van der Waals surface area (Å²) in [4.78, 5) is 0. The highest BCUT2D eigenvalue weighted by Gasteiger charge is 2.16. The molecule has 0 saturated carbocycles. The van der Waals surface area contributed by atoms with Crippen molar-refractivity contribution in [3.8, 4) is 17.1 Å². The van der Waals surface area contributed by atoms with Crippen molar-refractivity contribution < 1.29 is 0 Å². The van der Waals surface area contributed by atoms with Crippen molar-refractivity contribution in [3.05, 3.63) is 35.1 Å². The van der Waals surface area contributed by atoms with Crippen molar-refractivity contribution >= 4 is 17.3 Å². The van der Waals surface area contributed by atoms with Gasteiger partial charge in [0.05, 0.1) is 22.6 Å². The number of rotatable bonds is 3. The molecule has 0 saturated heterocycles. The van der Waals surface area contributed by atoms with Gasteiger partial charge in [-0.3, -0.25) is 4.68 Å². The maximum atomic E-state index is 5.95. The van der Waals surface area contributed by atoms with Crippen LogP contribution in [0.4, 0.5) is 5.69 Å². The van der Waals surface area contributed by atoms with Crippen LogP contribution in [0.1, 0.15) is 12.6 Å². The standard InChI is InChI=1S/C13H14ClN7/c1-3-11-12(7-20(2)17-11)21-13(16-18-19-21)8-4-5-9(14)10(15)6-8/h4-7H,3,15H2,1-2H3. The Morgan fingerprint density at radius 2 is 2.14 bits per heavy atom. The van der Waals surface area contributed by atoms with Crippen LogP contribution >= 0.6 is 11.6 Å². The molecule has 2 N–H and O–H groups in total. The van der Waals surface area contributed by atoms with Gasteiger partial charge in [-0.25, -0.2) is 0 Å². The molecule has 0 spiro atoms. The number of hydrogen-bond acceptors (Lipinski definition) is 5. The molecule has 0 fully saturated rings. The van der Waals surface area contributed by atoms with Crippen molar-refractivity contribution in [2.45, 2.75) is 13.3 Å². The van der Waals surface area contributed by atoms with Crippen molar-refractivity contribution in [1.29, 1.82) is 0 Å². The first-order valence-electron chi connectivity index (χ1n) is 6.46. The fourth-order valence-corrected chi connectivity index (χ4v) is 2.28. The van der Waals surface area contributed by atoms with Gasteiger partial charge in [0.25, 0.3) is 0 Å². The number of hydrogen-bond donors (Lipinski definition) is 1. The quantitative estimate of drug-likeness (QED) is 0.746. The summed E-state index contributed by atoms with van der Waals surface area (Å²) < 4.78 is 3.41. The largest absolute Gasteiger partial charge is 0.398 e. The van der Waals surface area contributed by atoms with Crippen LogP contribution in [0.15, 0.2) is 24.4 Å². The van der Waals surface area contributed by atoms with Gasteiger partial charge in [0.1, 0.15) is 5.69 Å².